The van der Waals surface area contributed by atoms with Crippen LogP contribution in [0.25, 0.3) is 0 Å². The summed E-state index contributed by atoms with van der Waals surface area (Å²) in [4.78, 5) is 25.7. The monoisotopic (exact) mass is 358 g/mol. The number of nitrogens with one attached hydrogen (secondary N) is 1. The van der Waals surface area contributed by atoms with Crippen LogP contribution in [0.2, 0.25) is 0 Å². The number of methoxy groups -OCH3 is 1. The molecule has 1 aliphatic heterocycles. The molecule has 1 fully saturated rings. The summed E-state index contributed by atoms with van der Waals surface area (Å²) in [6, 6.07) is 12.3. The largest absolute Gasteiger partial charge is 0.497 e. The van der Waals surface area contributed by atoms with E-state index in [9.17, 15) is 14.0 Å². The number of nitrogens with zero attached hydrogens (tertiary/aromatic N) is 1. The molecular formula is C19H19FN2O4. The molecule has 0 aromatic heterocycles. The first kappa shape index (κ1) is 17.7. The van der Waals surface area contributed by atoms with Gasteiger partial charge in [-0.05, 0) is 48.5 Å². The van der Waals surface area contributed by atoms with Crippen molar-refractivity contribution in [3.63, 3.8) is 0 Å². The van der Waals surface area contributed by atoms with Crippen molar-refractivity contribution in [2.45, 2.75) is 12.5 Å². The number of hydrogen-bond donors (Lipinski definition) is 1. The lowest BCUT2D eigenvalue weighted by Gasteiger charge is -2.17. The number of halogens is 1. The third-order valence-electron chi connectivity index (χ3n) is 4.06. The van der Waals surface area contributed by atoms with Crippen LogP contribution in [0.5, 0.6) is 11.5 Å². The highest BCUT2D eigenvalue weighted by Gasteiger charge is 2.31. The number of amides is 2. The standard InChI is InChI=1S/C19H19FN2O4/c1-25-16-6-8-17(9-7-16)26-12-18(23)21-14-10-19(24)22(11-14)15-4-2-13(20)3-5-15/h2-9,14H,10-12H2,1H3,(H,21,23)/t14-/m1/s1. The van der Waals surface area contributed by atoms with Crippen LogP contribution in [0.3, 0.4) is 0 Å². The molecule has 0 spiro atoms. The summed E-state index contributed by atoms with van der Waals surface area (Å²) in [5, 5.41) is 2.79. The first-order chi connectivity index (χ1) is 12.5. The summed E-state index contributed by atoms with van der Waals surface area (Å²) in [6.45, 7) is 0.201. The number of ether oxygens (including phenoxy) is 2. The predicted molar refractivity (Wildman–Crippen MR) is 93.8 cm³/mol. The minimum Gasteiger partial charge on any atom is -0.497 e. The summed E-state index contributed by atoms with van der Waals surface area (Å²) in [5.74, 6) is 0.474. The molecule has 0 saturated carbocycles. The van der Waals surface area contributed by atoms with Crippen molar-refractivity contribution in [3.8, 4) is 11.5 Å². The second-order valence-corrected chi connectivity index (χ2v) is 5.91. The van der Waals surface area contributed by atoms with Crippen LogP contribution in [-0.2, 0) is 9.59 Å². The normalized spacial score (nSPS) is 16.5. The average molecular weight is 358 g/mol. The maximum atomic E-state index is 13.0. The van der Waals surface area contributed by atoms with Gasteiger partial charge < -0.3 is 19.7 Å². The molecule has 1 atom stereocenters. The summed E-state index contributed by atoms with van der Waals surface area (Å²) in [7, 11) is 1.57. The van der Waals surface area contributed by atoms with Crippen molar-refractivity contribution in [1.29, 1.82) is 0 Å². The SMILES string of the molecule is COc1ccc(OCC(=O)N[C@@H]2CC(=O)N(c3ccc(F)cc3)C2)cc1. The number of rotatable bonds is 6. The van der Waals surface area contributed by atoms with Gasteiger partial charge in [0.2, 0.25) is 5.91 Å². The van der Waals surface area contributed by atoms with Gasteiger partial charge in [0, 0.05) is 18.7 Å². The molecule has 0 bridgehead atoms. The number of carbonyl (C=O) groups is 2. The van der Waals surface area contributed by atoms with E-state index in [4.69, 9.17) is 9.47 Å². The molecule has 2 aromatic carbocycles. The van der Waals surface area contributed by atoms with E-state index in [1.54, 1.807) is 43.5 Å². The van der Waals surface area contributed by atoms with Gasteiger partial charge in [0.25, 0.3) is 5.91 Å². The zero-order chi connectivity index (χ0) is 18.5. The van der Waals surface area contributed by atoms with E-state index in [-0.39, 0.29) is 36.7 Å². The van der Waals surface area contributed by atoms with Crippen LogP contribution in [-0.4, -0.2) is 38.1 Å². The van der Waals surface area contributed by atoms with E-state index in [1.165, 1.54) is 17.0 Å². The van der Waals surface area contributed by atoms with E-state index < -0.39 is 0 Å². The summed E-state index contributed by atoms with van der Waals surface area (Å²) >= 11 is 0. The van der Waals surface area contributed by atoms with Crippen molar-refractivity contribution in [1.82, 2.24) is 5.32 Å². The molecule has 1 saturated heterocycles. The second kappa shape index (κ2) is 7.86. The van der Waals surface area contributed by atoms with Crippen molar-refractivity contribution < 1.29 is 23.5 Å². The second-order valence-electron chi connectivity index (χ2n) is 5.91. The Kier molecular flexibility index (Phi) is 5.36. The topological polar surface area (TPSA) is 67.9 Å². The maximum absolute atomic E-state index is 13.0. The smallest absolute Gasteiger partial charge is 0.258 e. The van der Waals surface area contributed by atoms with Crippen LogP contribution in [0.1, 0.15) is 6.42 Å². The molecule has 3 rings (SSSR count). The Morgan fingerprint density at radius 3 is 2.46 bits per heavy atom. The Balaban J connectivity index is 1.50. The van der Waals surface area contributed by atoms with Gasteiger partial charge in [0.1, 0.15) is 17.3 Å². The third kappa shape index (κ3) is 4.30. The highest BCUT2D eigenvalue weighted by Crippen LogP contribution is 2.22. The Hall–Kier alpha value is -3.09. The molecule has 2 aromatic rings. The molecule has 26 heavy (non-hydrogen) atoms. The quantitative estimate of drug-likeness (QED) is 0.859. The molecule has 0 radical (unpaired) electrons. The Labute approximate surface area is 150 Å². The molecule has 1 heterocycles. The van der Waals surface area contributed by atoms with Gasteiger partial charge >= 0.3 is 0 Å². The zero-order valence-corrected chi connectivity index (χ0v) is 14.3. The van der Waals surface area contributed by atoms with Gasteiger partial charge in [-0.2, -0.15) is 0 Å². The zero-order valence-electron chi connectivity index (χ0n) is 14.3. The van der Waals surface area contributed by atoms with Crippen molar-refractivity contribution >= 4 is 17.5 Å². The molecule has 0 aliphatic carbocycles. The number of hydrogen-bond acceptors (Lipinski definition) is 4. The minimum absolute atomic E-state index is 0.113. The number of anilines is 1. The summed E-state index contributed by atoms with van der Waals surface area (Å²) in [5.41, 5.74) is 0.614. The molecule has 1 N–H and O–H groups in total. The fourth-order valence-electron chi connectivity index (χ4n) is 2.77. The summed E-state index contributed by atoms with van der Waals surface area (Å²) in [6.07, 6.45) is 0.200. The first-order valence-electron chi connectivity index (χ1n) is 8.17. The average Bonchev–Trinajstić information content (AvgIpc) is 3.01. The van der Waals surface area contributed by atoms with Gasteiger partial charge in [0.15, 0.2) is 6.61 Å². The number of benzene rings is 2. The molecule has 0 unspecified atom stereocenters. The van der Waals surface area contributed by atoms with Crippen LogP contribution in [0, 0.1) is 5.82 Å². The lowest BCUT2D eigenvalue weighted by atomic mass is 10.2. The van der Waals surface area contributed by atoms with Crippen LogP contribution in [0.15, 0.2) is 48.5 Å². The first-order valence-corrected chi connectivity index (χ1v) is 8.17. The number of carbonyl (C=O) groups excluding carboxylic acids is 2. The molecule has 1 aliphatic rings. The van der Waals surface area contributed by atoms with E-state index >= 15 is 0 Å². The van der Waals surface area contributed by atoms with Gasteiger partial charge in [-0.15, -0.1) is 0 Å². The van der Waals surface area contributed by atoms with Crippen LogP contribution in [0.4, 0.5) is 10.1 Å². The molecule has 2 amide bonds. The molecule has 7 heteroatoms. The maximum Gasteiger partial charge on any atom is 0.258 e. The third-order valence-corrected chi connectivity index (χ3v) is 4.06. The van der Waals surface area contributed by atoms with Crippen LogP contribution < -0.4 is 19.7 Å². The van der Waals surface area contributed by atoms with E-state index in [2.05, 4.69) is 5.32 Å². The van der Waals surface area contributed by atoms with Crippen LogP contribution >= 0.6 is 0 Å². The highest BCUT2D eigenvalue weighted by atomic mass is 19.1. The fraction of sp³-hybridized carbons (Fsp3) is 0.263. The van der Waals surface area contributed by atoms with E-state index in [0.717, 1.165) is 0 Å². The molecule has 136 valence electrons. The predicted octanol–water partition coefficient (Wildman–Crippen LogP) is 2.13. The minimum atomic E-state index is -0.360. The van der Waals surface area contributed by atoms with E-state index in [0.29, 0.717) is 23.7 Å². The summed E-state index contributed by atoms with van der Waals surface area (Å²) < 4.78 is 23.5. The van der Waals surface area contributed by atoms with Crippen molar-refractivity contribution in [3.05, 3.63) is 54.3 Å². The van der Waals surface area contributed by atoms with Crippen molar-refractivity contribution in [2.75, 3.05) is 25.2 Å². The molecular weight excluding hydrogens is 339 g/mol. The van der Waals surface area contributed by atoms with Gasteiger partial charge in [0.05, 0.1) is 13.2 Å². The highest BCUT2D eigenvalue weighted by molar-refractivity contribution is 5.96. The lowest BCUT2D eigenvalue weighted by molar-refractivity contribution is -0.123. The van der Waals surface area contributed by atoms with Gasteiger partial charge in [-0.25, -0.2) is 4.39 Å². The Morgan fingerprint density at radius 2 is 1.81 bits per heavy atom. The lowest BCUT2D eigenvalue weighted by Crippen LogP contribution is -2.39. The Morgan fingerprint density at radius 1 is 1.15 bits per heavy atom. The van der Waals surface area contributed by atoms with Gasteiger partial charge in [-0.3, -0.25) is 9.59 Å². The van der Waals surface area contributed by atoms with E-state index in [1.807, 2.05) is 0 Å². The Bertz CT molecular complexity index is 777. The fourth-order valence-corrected chi connectivity index (χ4v) is 2.77. The van der Waals surface area contributed by atoms with Crippen molar-refractivity contribution in [2.24, 2.45) is 0 Å². The van der Waals surface area contributed by atoms with Gasteiger partial charge in [-0.1, -0.05) is 0 Å². The molecule has 6 nitrogen and oxygen atoms in total.